The Balaban J connectivity index is 1.43. The van der Waals surface area contributed by atoms with Gasteiger partial charge >= 0.3 is 5.97 Å². The van der Waals surface area contributed by atoms with Crippen molar-refractivity contribution >= 4 is 45.0 Å². The summed E-state index contributed by atoms with van der Waals surface area (Å²) in [6.45, 7) is 2.16. The Morgan fingerprint density at radius 3 is 2.48 bits per heavy atom. The number of ether oxygens (including phenoxy) is 2. The Hall–Kier alpha value is -5.11. The van der Waals surface area contributed by atoms with Crippen molar-refractivity contribution in [2.24, 2.45) is 4.99 Å². The maximum Gasteiger partial charge on any atom is 0.338 e. The zero-order chi connectivity index (χ0) is 32.2. The van der Waals surface area contributed by atoms with Gasteiger partial charge in [-0.15, -0.1) is 0 Å². The highest BCUT2D eigenvalue weighted by Gasteiger charge is 2.35. The van der Waals surface area contributed by atoms with Crippen LogP contribution in [-0.4, -0.2) is 17.1 Å². The lowest BCUT2D eigenvalue weighted by Gasteiger charge is -2.25. The quantitative estimate of drug-likeness (QED) is 0.178. The van der Waals surface area contributed by atoms with E-state index in [9.17, 15) is 14.0 Å². The predicted octanol–water partition coefficient (Wildman–Crippen LogP) is 6.29. The zero-order valence-electron chi connectivity index (χ0n) is 24.4. The number of carbonyl (C=O) groups excluding carboxylic acids is 1. The van der Waals surface area contributed by atoms with Crippen molar-refractivity contribution in [1.29, 1.82) is 5.26 Å². The smallest absolute Gasteiger partial charge is 0.338 e. The number of benzene rings is 4. The third-order valence-electron chi connectivity index (χ3n) is 7.29. The molecule has 1 aliphatic heterocycles. The van der Waals surface area contributed by atoms with Crippen LogP contribution in [-0.2, 0) is 16.1 Å². The van der Waals surface area contributed by atoms with Gasteiger partial charge in [0.15, 0.2) is 4.80 Å². The molecule has 0 saturated carbocycles. The van der Waals surface area contributed by atoms with Crippen molar-refractivity contribution in [3.63, 3.8) is 0 Å². The normalized spacial score (nSPS) is 14.3. The number of carbonyl (C=O) groups is 1. The fourth-order valence-corrected chi connectivity index (χ4v) is 6.62. The van der Waals surface area contributed by atoms with Gasteiger partial charge in [0.25, 0.3) is 5.56 Å². The molecule has 1 aromatic heterocycles. The number of aromatic nitrogens is 1. The number of hydrogen-bond donors (Lipinski definition) is 0. The molecular formula is C36H25BrFN3O4S. The lowest BCUT2D eigenvalue weighted by molar-refractivity contribution is -0.138. The molecule has 46 heavy (non-hydrogen) atoms. The zero-order valence-corrected chi connectivity index (χ0v) is 26.8. The average molecular weight is 695 g/mol. The van der Waals surface area contributed by atoms with Crippen LogP contribution < -0.4 is 19.6 Å². The first-order valence-corrected chi connectivity index (χ1v) is 15.9. The minimum Gasteiger partial charge on any atom is -0.488 e. The summed E-state index contributed by atoms with van der Waals surface area (Å²) in [7, 11) is 0. The number of nitrogens with zero attached hydrogens (tertiary/aromatic N) is 3. The van der Waals surface area contributed by atoms with Crippen LogP contribution in [0.2, 0.25) is 0 Å². The number of halogens is 2. The molecule has 0 radical (unpaired) electrons. The summed E-state index contributed by atoms with van der Waals surface area (Å²) in [6.07, 6.45) is 1.76. The van der Waals surface area contributed by atoms with Crippen molar-refractivity contribution in [3.8, 4) is 11.8 Å². The first kappa shape index (κ1) is 30.9. The van der Waals surface area contributed by atoms with Gasteiger partial charge in [0.1, 0.15) is 18.2 Å². The van der Waals surface area contributed by atoms with E-state index in [1.165, 1.54) is 28.0 Å². The first-order chi connectivity index (χ1) is 22.4. The van der Waals surface area contributed by atoms with Crippen molar-refractivity contribution in [2.45, 2.75) is 19.6 Å². The van der Waals surface area contributed by atoms with Gasteiger partial charge in [-0.05, 0) is 82.0 Å². The molecule has 1 aliphatic rings. The second-order valence-corrected chi connectivity index (χ2v) is 12.1. The van der Waals surface area contributed by atoms with Crippen LogP contribution >= 0.6 is 27.3 Å². The predicted molar refractivity (Wildman–Crippen MR) is 177 cm³/mol. The van der Waals surface area contributed by atoms with Gasteiger partial charge in [-0.2, -0.15) is 5.26 Å². The molecule has 5 aromatic rings. The monoisotopic (exact) mass is 693 g/mol. The van der Waals surface area contributed by atoms with Crippen molar-refractivity contribution in [1.82, 2.24) is 4.57 Å². The van der Waals surface area contributed by atoms with E-state index < -0.39 is 17.8 Å². The van der Waals surface area contributed by atoms with Gasteiger partial charge in [0.2, 0.25) is 0 Å². The summed E-state index contributed by atoms with van der Waals surface area (Å²) in [5.74, 6) is -0.420. The lowest BCUT2D eigenvalue weighted by Crippen LogP contribution is -2.40. The third kappa shape index (κ3) is 6.33. The molecule has 0 bridgehead atoms. The molecule has 0 spiro atoms. The molecule has 0 fully saturated rings. The van der Waals surface area contributed by atoms with E-state index in [1.807, 2.05) is 60.7 Å². The molecule has 0 unspecified atom stereocenters. The molecule has 6 rings (SSSR count). The minimum absolute atomic E-state index is 0.132. The lowest BCUT2D eigenvalue weighted by atomic mass is 9.93. The molecule has 10 heteroatoms. The van der Waals surface area contributed by atoms with E-state index in [2.05, 4.69) is 22.0 Å². The first-order valence-electron chi connectivity index (χ1n) is 14.3. The Kier molecular flexibility index (Phi) is 9.06. The van der Waals surface area contributed by atoms with Gasteiger partial charge < -0.3 is 9.47 Å². The number of nitriles is 1. The van der Waals surface area contributed by atoms with Crippen LogP contribution in [0.15, 0.2) is 117 Å². The fourth-order valence-electron chi connectivity index (χ4n) is 5.11. The summed E-state index contributed by atoms with van der Waals surface area (Å²) < 4.78 is 28.0. The van der Waals surface area contributed by atoms with Crippen LogP contribution in [0.3, 0.4) is 0 Å². The Bertz CT molecular complexity index is 2190. The summed E-state index contributed by atoms with van der Waals surface area (Å²) in [5, 5.41) is 9.01. The van der Waals surface area contributed by atoms with E-state index >= 15 is 0 Å². The number of thiazole rings is 1. The largest absolute Gasteiger partial charge is 0.488 e. The van der Waals surface area contributed by atoms with Gasteiger partial charge in [-0.25, -0.2) is 14.2 Å². The highest BCUT2D eigenvalue weighted by Crippen LogP contribution is 2.35. The summed E-state index contributed by atoms with van der Waals surface area (Å²) in [6, 6.07) is 28.9. The van der Waals surface area contributed by atoms with Crippen molar-refractivity contribution in [3.05, 3.63) is 160 Å². The van der Waals surface area contributed by atoms with E-state index in [1.54, 1.807) is 37.3 Å². The highest BCUT2D eigenvalue weighted by atomic mass is 79.9. The molecule has 0 aliphatic carbocycles. The van der Waals surface area contributed by atoms with Crippen LogP contribution in [0.5, 0.6) is 5.75 Å². The van der Waals surface area contributed by atoms with Gasteiger partial charge in [0, 0.05) is 5.56 Å². The molecule has 0 N–H and O–H groups in total. The van der Waals surface area contributed by atoms with E-state index in [0.29, 0.717) is 48.6 Å². The second-order valence-electron chi connectivity index (χ2n) is 10.3. The Morgan fingerprint density at radius 1 is 1.07 bits per heavy atom. The van der Waals surface area contributed by atoms with Crippen molar-refractivity contribution in [2.75, 3.05) is 6.61 Å². The van der Waals surface area contributed by atoms with Crippen LogP contribution in [0.4, 0.5) is 4.39 Å². The maximum atomic E-state index is 14.1. The van der Waals surface area contributed by atoms with Crippen LogP contribution in [0.1, 0.15) is 40.8 Å². The number of hydrogen-bond acceptors (Lipinski definition) is 7. The number of fused-ring (bicyclic) bond motifs is 1. The maximum absolute atomic E-state index is 14.1. The highest BCUT2D eigenvalue weighted by molar-refractivity contribution is 9.10. The fraction of sp³-hybridized carbons (Fsp3) is 0.111. The van der Waals surface area contributed by atoms with Crippen LogP contribution in [0.25, 0.3) is 11.8 Å². The summed E-state index contributed by atoms with van der Waals surface area (Å²) >= 11 is 4.78. The topological polar surface area (TPSA) is 93.7 Å². The summed E-state index contributed by atoms with van der Waals surface area (Å²) in [5.41, 5.74) is 3.74. The molecular weight excluding hydrogens is 669 g/mol. The molecule has 4 aromatic carbocycles. The molecule has 1 atom stereocenters. The third-order valence-corrected chi connectivity index (χ3v) is 8.89. The van der Waals surface area contributed by atoms with Gasteiger partial charge in [-0.3, -0.25) is 9.36 Å². The van der Waals surface area contributed by atoms with Gasteiger partial charge in [-0.1, -0.05) is 72.0 Å². The second kappa shape index (κ2) is 13.5. The van der Waals surface area contributed by atoms with Crippen LogP contribution in [0, 0.1) is 17.1 Å². The van der Waals surface area contributed by atoms with Gasteiger partial charge in [0.05, 0.1) is 44.6 Å². The average Bonchev–Trinajstić information content (AvgIpc) is 3.38. The molecule has 2 heterocycles. The number of esters is 1. The van der Waals surface area contributed by atoms with E-state index in [4.69, 9.17) is 19.7 Å². The Morgan fingerprint density at radius 2 is 1.80 bits per heavy atom. The van der Waals surface area contributed by atoms with Crippen molar-refractivity contribution < 1.29 is 18.7 Å². The minimum atomic E-state index is -0.891. The molecule has 7 nitrogen and oxygen atoms in total. The SMILES string of the molecule is CCOC(=O)C1=C(c2ccccc2)N=c2s/c(=C\c3ccc(OCc4ccc(C#N)cc4)c(Br)c3)c(=O)n2[C@H]1c1ccc(F)cc1. The molecule has 0 amide bonds. The van der Waals surface area contributed by atoms with E-state index in [0.717, 1.165) is 11.1 Å². The molecule has 0 saturated heterocycles. The summed E-state index contributed by atoms with van der Waals surface area (Å²) in [4.78, 5) is 32.8. The molecule has 228 valence electrons. The Labute approximate surface area is 276 Å². The number of rotatable bonds is 8. The standard InChI is InChI=1S/C36H25BrFN3O4S/c1-2-44-35(43)31-32(25-6-4-3-5-7-25)40-36-41(33(31)26-13-15-27(38)16-14-26)34(42)30(46-36)19-24-12-17-29(28(37)18-24)45-21-23-10-8-22(20-39)9-11-23/h3-19,33H,2,21H2,1H3/b30-19-/t33-/m0/s1. The van der Waals surface area contributed by atoms with E-state index in [-0.39, 0.29) is 17.7 Å².